The molecule has 1 aromatic rings. The van der Waals surface area contributed by atoms with E-state index in [1.165, 1.54) is 18.4 Å². The molecular formula is C15H27N3. The van der Waals surface area contributed by atoms with Crippen molar-refractivity contribution >= 4 is 0 Å². The summed E-state index contributed by atoms with van der Waals surface area (Å²) in [4.78, 5) is 6.69. The third-order valence-corrected chi connectivity index (χ3v) is 3.79. The highest BCUT2D eigenvalue weighted by molar-refractivity contribution is 5.14. The molecule has 3 nitrogen and oxygen atoms in total. The highest BCUT2D eigenvalue weighted by atomic mass is 15.2. The number of hydrogen-bond donors (Lipinski definition) is 1. The van der Waals surface area contributed by atoms with Crippen LogP contribution in [0.2, 0.25) is 0 Å². The summed E-state index contributed by atoms with van der Waals surface area (Å²) in [5.41, 5.74) is 7.20. The number of pyridine rings is 1. The Labute approximate surface area is 111 Å². The summed E-state index contributed by atoms with van der Waals surface area (Å²) in [6.07, 6.45) is 6.22. The Balaban J connectivity index is 2.77. The predicted molar refractivity (Wildman–Crippen MR) is 77.4 cm³/mol. The van der Waals surface area contributed by atoms with E-state index in [1.54, 1.807) is 0 Å². The fourth-order valence-corrected chi connectivity index (χ4v) is 2.42. The van der Waals surface area contributed by atoms with Crippen LogP contribution >= 0.6 is 0 Å². The summed E-state index contributed by atoms with van der Waals surface area (Å²) in [5, 5.41) is 0. The zero-order valence-electron chi connectivity index (χ0n) is 12.0. The monoisotopic (exact) mass is 249 g/mol. The van der Waals surface area contributed by atoms with Gasteiger partial charge in [0.15, 0.2) is 0 Å². The van der Waals surface area contributed by atoms with Crippen LogP contribution in [0.1, 0.15) is 45.2 Å². The number of nitrogens with zero attached hydrogens (tertiary/aromatic N) is 2. The van der Waals surface area contributed by atoms with E-state index in [0.717, 1.165) is 19.0 Å². The fourth-order valence-electron chi connectivity index (χ4n) is 2.42. The normalized spacial score (nSPS) is 13.2. The Morgan fingerprint density at radius 2 is 2.00 bits per heavy atom. The van der Waals surface area contributed by atoms with Crippen LogP contribution in [0.25, 0.3) is 0 Å². The van der Waals surface area contributed by atoms with Gasteiger partial charge in [-0.05, 0) is 24.1 Å². The minimum Gasteiger partial charge on any atom is -0.329 e. The van der Waals surface area contributed by atoms with E-state index in [9.17, 15) is 0 Å². The second-order valence-corrected chi connectivity index (χ2v) is 4.81. The summed E-state index contributed by atoms with van der Waals surface area (Å²) in [6, 6.07) is 4.41. The molecule has 0 aliphatic rings. The van der Waals surface area contributed by atoms with E-state index < -0.39 is 0 Å². The first-order valence-corrected chi connectivity index (χ1v) is 7.10. The summed E-state index contributed by atoms with van der Waals surface area (Å²) in [5.74, 6) is 0.760. The molecule has 0 saturated heterocycles. The molecule has 0 aliphatic carbocycles. The molecule has 2 N–H and O–H groups in total. The van der Waals surface area contributed by atoms with Gasteiger partial charge in [-0.1, -0.05) is 39.7 Å². The summed E-state index contributed by atoms with van der Waals surface area (Å²) >= 11 is 0. The number of rotatable bonds is 8. The average molecular weight is 249 g/mol. The van der Waals surface area contributed by atoms with Crippen LogP contribution in [0, 0.1) is 5.92 Å². The van der Waals surface area contributed by atoms with Gasteiger partial charge in [-0.15, -0.1) is 0 Å². The maximum absolute atomic E-state index is 5.97. The molecule has 0 saturated carbocycles. The molecule has 0 amide bonds. The second-order valence-electron chi connectivity index (χ2n) is 4.81. The van der Waals surface area contributed by atoms with Gasteiger partial charge in [0.05, 0.1) is 0 Å². The van der Waals surface area contributed by atoms with Crippen LogP contribution in [0.3, 0.4) is 0 Å². The van der Waals surface area contributed by atoms with Gasteiger partial charge in [-0.25, -0.2) is 0 Å². The molecular weight excluding hydrogens is 222 g/mol. The smallest absolute Gasteiger partial charge is 0.0485 e. The van der Waals surface area contributed by atoms with Gasteiger partial charge in [0.25, 0.3) is 0 Å². The first-order chi connectivity index (χ1) is 8.76. The second kappa shape index (κ2) is 8.22. The third kappa shape index (κ3) is 4.07. The quantitative estimate of drug-likeness (QED) is 0.770. The van der Waals surface area contributed by atoms with Crippen molar-refractivity contribution < 1.29 is 0 Å². The highest BCUT2D eigenvalue weighted by Crippen LogP contribution is 2.21. The lowest BCUT2D eigenvalue weighted by atomic mass is 10.00. The molecule has 1 unspecified atom stereocenters. The highest BCUT2D eigenvalue weighted by Gasteiger charge is 2.20. The van der Waals surface area contributed by atoms with Gasteiger partial charge in [0.2, 0.25) is 0 Å². The number of likely N-dealkylation sites (N-methyl/N-ethyl adjacent to an activating group) is 1. The van der Waals surface area contributed by atoms with Crippen molar-refractivity contribution in [3.05, 3.63) is 30.1 Å². The standard InChI is InChI=1S/C15H27N3/c1-4-13(5-2)12-18(6-3)15(10-16)14-8-7-9-17-11-14/h7-9,11,13,15H,4-6,10,12,16H2,1-3H3. The lowest BCUT2D eigenvalue weighted by Crippen LogP contribution is -2.37. The Morgan fingerprint density at radius 1 is 1.28 bits per heavy atom. The predicted octanol–water partition coefficient (Wildman–Crippen LogP) is 2.84. The lowest BCUT2D eigenvalue weighted by Gasteiger charge is -2.32. The Kier molecular flexibility index (Phi) is 6.91. The van der Waals surface area contributed by atoms with Gasteiger partial charge in [-0.2, -0.15) is 0 Å². The SMILES string of the molecule is CCC(CC)CN(CC)C(CN)c1cccnc1. The van der Waals surface area contributed by atoms with Gasteiger partial charge < -0.3 is 5.73 Å². The van der Waals surface area contributed by atoms with E-state index in [0.29, 0.717) is 12.6 Å². The molecule has 1 rings (SSSR count). The average Bonchev–Trinajstić information content (AvgIpc) is 2.44. The van der Waals surface area contributed by atoms with Crippen molar-refractivity contribution in [1.29, 1.82) is 0 Å². The molecule has 1 heterocycles. The first kappa shape index (κ1) is 15.1. The summed E-state index contributed by atoms with van der Waals surface area (Å²) < 4.78 is 0. The Morgan fingerprint density at radius 3 is 2.44 bits per heavy atom. The van der Waals surface area contributed by atoms with Crippen LogP contribution in [0.5, 0.6) is 0 Å². The molecule has 3 heteroatoms. The van der Waals surface area contributed by atoms with E-state index in [-0.39, 0.29) is 0 Å². The molecule has 0 aromatic carbocycles. The molecule has 1 atom stereocenters. The molecule has 18 heavy (non-hydrogen) atoms. The summed E-state index contributed by atoms with van der Waals surface area (Å²) in [6.45, 7) is 9.56. The molecule has 0 spiro atoms. The zero-order chi connectivity index (χ0) is 13.4. The maximum Gasteiger partial charge on any atom is 0.0485 e. The van der Waals surface area contributed by atoms with E-state index >= 15 is 0 Å². The van der Waals surface area contributed by atoms with Crippen LogP contribution < -0.4 is 5.73 Å². The molecule has 102 valence electrons. The lowest BCUT2D eigenvalue weighted by molar-refractivity contribution is 0.174. The maximum atomic E-state index is 5.97. The van der Waals surface area contributed by atoms with Crippen molar-refractivity contribution in [2.75, 3.05) is 19.6 Å². The molecule has 0 bridgehead atoms. The minimum absolute atomic E-state index is 0.296. The zero-order valence-corrected chi connectivity index (χ0v) is 12.0. The Hall–Kier alpha value is -0.930. The van der Waals surface area contributed by atoms with Crippen LogP contribution in [-0.2, 0) is 0 Å². The van der Waals surface area contributed by atoms with Crippen molar-refractivity contribution in [1.82, 2.24) is 9.88 Å². The fraction of sp³-hybridized carbons (Fsp3) is 0.667. The van der Waals surface area contributed by atoms with Crippen molar-refractivity contribution in [2.24, 2.45) is 11.7 Å². The number of hydrogen-bond acceptors (Lipinski definition) is 3. The Bertz CT molecular complexity index is 309. The van der Waals surface area contributed by atoms with Gasteiger partial charge >= 0.3 is 0 Å². The number of aromatic nitrogens is 1. The minimum atomic E-state index is 0.296. The summed E-state index contributed by atoms with van der Waals surface area (Å²) in [7, 11) is 0. The van der Waals surface area contributed by atoms with Crippen LogP contribution in [-0.4, -0.2) is 29.5 Å². The molecule has 0 radical (unpaired) electrons. The topological polar surface area (TPSA) is 42.1 Å². The largest absolute Gasteiger partial charge is 0.329 e. The van der Waals surface area contributed by atoms with Crippen LogP contribution in [0.4, 0.5) is 0 Å². The van der Waals surface area contributed by atoms with Crippen molar-refractivity contribution in [2.45, 2.75) is 39.7 Å². The number of nitrogens with two attached hydrogens (primary N) is 1. The van der Waals surface area contributed by atoms with Crippen molar-refractivity contribution in [3.63, 3.8) is 0 Å². The van der Waals surface area contributed by atoms with Gasteiger partial charge in [0.1, 0.15) is 0 Å². The molecule has 1 aromatic heterocycles. The van der Waals surface area contributed by atoms with E-state index in [2.05, 4.69) is 36.7 Å². The van der Waals surface area contributed by atoms with Crippen LogP contribution in [0.15, 0.2) is 24.5 Å². The molecule has 0 fully saturated rings. The van der Waals surface area contributed by atoms with Crippen molar-refractivity contribution in [3.8, 4) is 0 Å². The van der Waals surface area contributed by atoms with E-state index in [1.807, 2.05) is 18.5 Å². The van der Waals surface area contributed by atoms with Gasteiger partial charge in [0, 0.05) is 31.5 Å². The third-order valence-electron chi connectivity index (χ3n) is 3.79. The van der Waals surface area contributed by atoms with Gasteiger partial charge in [-0.3, -0.25) is 9.88 Å². The molecule has 0 aliphatic heterocycles. The van der Waals surface area contributed by atoms with E-state index in [4.69, 9.17) is 5.73 Å². The first-order valence-electron chi connectivity index (χ1n) is 7.10.